The van der Waals surface area contributed by atoms with Gasteiger partial charge >= 0.3 is 0 Å². The Balaban J connectivity index is 1.66. The van der Waals surface area contributed by atoms with Crippen molar-refractivity contribution in [1.82, 2.24) is 5.32 Å². The second kappa shape index (κ2) is 2.96. The summed E-state index contributed by atoms with van der Waals surface area (Å²) in [6.45, 7) is 2.00. The second-order valence-corrected chi connectivity index (χ2v) is 4.95. The molecular formula is C11H19NO. The van der Waals surface area contributed by atoms with Gasteiger partial charge in [0.25, 0.3) is 0 Å². The molecule has 0 aromatic carbocycles. The van der Waals surface area contributed by atoms with E-state index in [4.69, 9.17) is 4.74 Å². The Morgan fingerprint density at radius 2 is 2.15 bits per heavy atom. The number of morpholine rings is 1. The molecule has 3 fully saturated rings. The molecule has 1 N–H and O–H groups in total. The van der Waals surface area contributed by atoms with E-state index in [1.165, 1.54) is 38.5 Å². The minimum absolute atomic E-state index is 0.279. The standard InChI is InChI=1S/C11H19NO/c1-4-11(5-1)10(8-9-2-3-9)12-6-7-13-11/h9-10,12H,1-8H2. The van der Waals surface area contributed by atoms with Crippen molar-refractivity contribution < 1.29 is 4.74 Å². The van der Waals surface area contributed by atoms with E-state index >= 15 is 0 Å². The third-order valence-electron chi connectivity index (χ3n) is 3.98. The fraction of sp³-hybridized carbons (Fsp3) is 1.00. The largest absolute Gasteiger partial charge is 0.372 e. The van der Waals surface area contributed by atoms with Crippen LogP contribution in [-0.2, 0) is 4.74 Å². The Labute approximate surface area is 80.0 Å². The molecule has 1 spiro atoms. The molecule has 0 aromatic heterocycles. The Hall–Kier alpha value is -0.0800. The predicted octanol–water partition coefficient (Wildman–Crippen LogP) is 1.70. The molecule has 1 unspecified atom stereocenters. The summed E-state index contributed by atoms with van der Waals surface area (Å²) in [5, 5.41) is 3.66. The van der Waals surface area contributed by atoms with E-state index in [-0.39, 0.29) is 5.60 Å². The van der Waals surface area contributed by atoms with Crippen LogP contribution in [0.5, 0.6) is 0 Å². The van der Waals surface area contributed by atoms with Gasteiger partial charge in [0, 0.05) is 12.6 Å². The van der Waals surface area contributed by atoms with Crippen molar-refractivity contribution in [2.45, 2.75) is 50.2 Å². The van der Waals surface area contributed by atoms with E-state index in [9.17, 15) is 0 Å². The van der Waals surface area contributed by atoms with Crippen molar-refractivity contribution >= 4 is 0 Å². The van der Waals surface area contributed by atoms with Gasteiger partial charge in [-0.15, -0.1) is 0 Å². The zero-order valence-electron chi connectivity index (χ0n) is 8.22. The summed E-state index contributed by atoms with van der Waals surface area (Å²) in [4.78, 5) is 0. The molecule has 3 rings (SSSR count). The first-order chi connectivity index (χ1) is 6.39. The van der Waals surface area contributed by atoms with Gasteiger partial charge in [0.05, 0.1) is 12.2 Å². The van der Waals surface area contributed by atoms with Gasteiger partial charge in [-0.2, -0.15) is 0 Å². The molecule has 1 atom stereocenters. The van der Waals surface area contributed by atoms with Crippen LogP contribution in [0.1, 0.15) is 38.5 Å². The summed E-state index contributed by atoms with van der Waals surface area (Å²) < 4.78 is 5.98. The van der Waals surface area contributed by atoms with Gasteiger partial charge in [-0.25, -0.2) is 0 Å². The van der Waals surface area contributed by atoms with Crippen molar-refractivity contribution in [3.63, 3.8) is 0 Å². The zero-order valence-corrected chi connectivity index (χ0v) is 8.22. The smallest absolute Gasteiger partial charge is 0.0835 e. The van der Waals surface area contributed by atoms with Crippen LogP contribution in [0.15, 0.2) is 0 Å². The molecule has 1 saturated heterocycles. The highest BCUT2D eigenvalue weighted by Crippen LogP contribution is 2.45. The third-order valence-corrected chi connectivity index (χ3v) is 3.98. The third kappa shape index (κ3) is 1.40. The van der Waals surface area contributed by atoms with Crippen LogP contribution in [0.4, 0.5) is 0 Å². The summed E-state index contributed by atoms with van der Waals surface area (Å²) in [7, 11) is 0. The molecular weight excluding hydrogens is 162 g/mol. The molecule has 2 nitrogen and oxygen atoms in total. The van der Waals surface area contributed by atoms with Gasteiger partial charge < -0.3 is 10.1 Å². The molecule has 0 amide bonds. The normalized spacial score (nSPS) is 37.4. The lowest BCUT2D eigenvalue weighted by atomic mass is 9.72. The summed E-state index contributed by atoms with van der Waals surface area (Å²) >= 11 is 0. The first-order valence-electron chi connectivity index (χ1n) is 5.76. The molecule has 2 aliphatic carbocycles. The van der Waals surface area contributed by atoms with Crippen molar-refractivity contribution in [3.8, 4) is 0 Å². The van der Waals surface area contributed by atoms with E-state index in [0.717, 1.165) is 19.1 Å². The zero-order chi connectivity index (χ0) is 8.73. The van der Waals surface area contributed by atoms with Crippen LogP contribution < -0.4 is 5.32 Å². The number of hydrogen-bond donors (Lipinski definition) is 1. The van der Waals surface area contributed by atoms with Crippen LogP contribution in [0.2, 0.25) is 0 Å². The van der Waals surface area contributed by atoms with E-state index in [1.54, 1.807) is 0 Å². The second-order valence-electron chi connectivity index (χ2n) is 4.95. The van der Waals surface area contributed by atoms with Gasteiger partial charge in [0.2, 0.25) is 0 Å². The molecule has 1 heterocycles. The maximum atomic E-state index is 5.98. The summed E-state index contributed by atoms with van der Waals surface area (Å²) in [6, 6.07) is 0.683. The molecule has 1 aliphatic heterocycles. The minimum atomic E-state index is 0.279. The monoisotopic (exact) mass is 181 g/mol. The predicted molar refractivity (Wildman–Crippen MR) is 51.7 cm³/mol. The Morgan fingerprint density at radius 1 is 1.31 bits per heavy atom. The highest BCUT2D eigenvalue weighted by Gasteiger charge is 2.48. The van der Waals surface area contributed by atoms with Crippen LogP contribution in [0.3, 0.4) is 0 Å². The van der Waals surface area contributed by atoms with Crippen molar-refractivity contribution in [2.24, 2.45) is 5.92 Å². The van der Waals surface area contributed by atoms with E-state index in [1.807, 2.05) is 0 Å². The lowest BCUT2D eigenvalue weighted by Gasteiger charge is -2.50. The topological polar surface area (TPSA) is 21.3 Å². The van der Waals surface area contributed by atoms with E-state index in [0.29, 0.717) is 6.04 Å². The maximum absolute atomic E-state index is 5.98. The van der Waals surface area contributed by atoms with E-state index < -0.39 is 0 Å². The van der Waals surface area contributed by atoms with Gasteiger partial charge in [-0.05, 0) is 31.6 Å². The number of rotatable bonds is 2. The van der Waals surface area contributed by atoms with E-state index in [2.05, 4.69) is 5.32 Å². The maximum Gasteiger partial charge on any atom is 0.0835 e. The number of nitrogens with one attached hydrogen (secondary N) is 1. The molecule has 2 heteroatoms. The van der Waals surface area contributed by atoms with Gasteiger partial charge in [-0.1, -0.05) is 12.8 Å². The number of hydrogen-bond acceptors (Lipinski definition) is 2. The highest BCUT2D eigenvalue weighted by molar-refractivity contribution is 5.03. The van der Waals surface area contributed by atoms with Crippen molar-refractivity contribution in [2.75, 3.05) is 13.2 Å². The molecule has 13 heavy (non-hydrogen) atoms. The lowest BCUT2D eigenvalue weighted by molar-refractivity contribution is -0.146. The Bertz CT molecular complexity index is 196. The Kier molecular flexibility index (Phi) is 1.88. The van der Waals surface area contributed by atoms with Gasteiger partial charge in [-0.3, -0.25) is 0 Å². The lowest BCUT2D eigenvalue weighted by Crippen LogP contribution is -2.61. The average molecular weight is 181 g/mol. The molecule has 2 saturated carbocycles. The van der Waals surface area contributed by atoms with Crippen LogP contribution in [0.25, 0.3) is 0 Å². The highest BCUT2D eigenvalue weighted by atomic mass is 16.5. The first-order valence-corrected chi connectivity index (χ1v) is 5.76. The SMILES string of the molecule is C1CC2(C1)OCCNC2CC1CC1. The van der Waals surface area contributed by atoms with Crippen LogP contribution >= 0.6 is 0 Å². The van der Waals surface area contributed by atoms with Gasteiger partial charge in [0.15, 0.2) is 0 Å². The minimum Gasteiger partial charge on any atom is -0.372 e. The summed E-state index contributed by atoms with van der Waals surface area (Å²) in [6.07, 6.45) is 8.29. The van der Waals surface area contributed by atoms with Crippen LogP contribution in [-0.4, -0.2) is 24.8 Å². The fourth-order valence-corrected chi connectivity index (χ4v) is 2.78. The molecule has 0 aromatic rings. The fourth-order valence-electron chi connectivity index (χ4n) is 2.78. The van der Waals surface area contributed by atoms with Gasteiger partial charge in [0.1, 0.15) is 0 Å². The van der Waals surface area contributed by atoms with Crippen molar-refractivity contribution in [1.29, 1.82) is 0 Å². The molecule has 0 bridgehead atoms. The molecule has 3 aliphatic rings. The quantitative estimate of drug-likeness (QED) is 0.700. The average Bonchev–Trinajstić information content (AvgIpc) is 2.86. The molecule has 74 valence electrons. The summed E-state index contributed by atoms with van der Waals surface area (Å²) in [5.41, 5.74) is 0.279. The van der Waals surface area contributed by atoms with Crippen molar-refractivity contribution in [3.05, 3.63) is 0 Å². The first kappa shape index (κ1) is 8.25. The molecule has 0 radical (unpaired) electrons. The number of ether oxygens (including phenoxy) is 1. The Morgan fingerprint density at radius 3 is 2.77 bits per heavy atom. The van der Waals surface area contributed by atoms with Crippen LogP contribution in [0, 0.1) is 5.92 Å². The summed E-state index contributed by atoms with van der Waals surface area (Å²) in [5.74, 6) is 1.02.